The molecule has 7 rings (SSSR count). The van der Waals surface area contributed by atoms with Crippen molar-refractivity contribution in [3.05, 3.63) is 126 Å². The number of carbonyl (C=O) groups is 2. The molecule has 42 heavy (non-hydrogen) atoms. The zero-order valence-electron chi connectivity index (χ0n) is 24.0. The van der Waals surface area contributed by atoms with Gasteiger partial charge in [-0.1, -0.05) is 84.9 Å². The van der Waals surface area contributed by atoms with Gasteiger partial charge in [0.1, 0.15) is 6.04 Å². The van der Waals surface area contributed by atoms with Crippen molar-refractivity contribution < 1.29 is 9.59 Å². The minimum Gasteiger partial charge on any atom is -0.368 e. The van der Waals surface area contributed by atoms with Crippen LogP contribution in [0.1, 0.15) is 34.5 Å². The zero-order valence-corrected chi connectivity index (χ0v) is 24.0. The summed E-state index contributed by atoms with van der Waals surface area (Å²) < 4.78 is 2.22. The summed E-state index contributed by atoms with van der Waals surface area (Å²) in [5, 5.41) is 1.09. The average molecular weight is 555 g/mol. The first-order chi connectivity index (χ1) is 20.5. The number of amides is 2. The summed E-state index contributed by atoms with van der Waals surface area (Å²) in [5.74, 6) is -0.0957. The molecular weight excluding hydrogens is 520 g/mol. The van der Waals surface area contributed by atoms with Crippen molar-refractivity contribution in [3.8, 4) is 11.3 Å². The molecule has 0 saturated carbocycles. The van der Waals surface area contributed by atoms with Gasteiger partial charge >= 0.3 is 0 Å². The van der Waals surface area contributed by atoms with Gasteiger partial charge in [0.05, 0.1) is 11.7 Å². The van der Waals surface area contributed by atoms with Crippen LogP contribution in [0.25, 0.3) is 22.2 Å². The van der Waals surface area contributed by atoms with E-state index in [1.165, 1.54) is 5.69 Å². The number of hydrogen-bond donors (Lipinski definition) is 0. The smallest absolute Gasteiger partial charge is 0.255 e. The highest BCUT2D eigenvalue weighted by Crippen LogP contribution is 2.47. The van der Waals surface area contributed by atoms with Gasteiger partial charge in [0.15, 0.2) is 0 Å². The molecule has 0 radical (unpaired) electrons. The van der Waals surface area contributed by atoms with Gasteiger partial charge in [-0.05, 0) is 42.3 Å². The van der Waals surface area contributed by atoms with Crippen LogP contribution in [0.4, 0.5) is 5.69 Å². The molecule has 0 aliphatic carbocycles. The van der Waals surface area contributed by atoms with Crippen molar-refractivity contribution in [3.63, 3.8) is 0 Å². The average Bonchev–Trinajstić information content (AvgIpc) is 3.51. The Kier molecular flexibility index (Phi) is 6.54. The van der Waals surface area contributed by atoms with Gasteiger partial charge in [-0.2, -0.15) is 0 Å². The van der Waals surface area contributed by atoms with E-state index in [2.05, 4.69) is 59.0 Å². The number of nitrogens with zero attached hydrogens (tertiary/aromatic N) is 4. The lowest BCUT2D eigenvalue weighted by molar-refractivity contribution is -0.136. The summed E-state index contributed by atoms with van der Waals surface area (Å²) in [6, 6.07) is 35.9. The molecule has 1 aromatic heterocycles. The van der Waals surface area contributed by atoms with Crippen molar-refractivity contribution in [2.24, 2.45) is 7.05 Å². The van der Waals surface area contributed by atoms with E-state index in [1.54, 1.807) is 0 Å². The first kappa shape index (κ1) is 26.1. The van der Waals surface area contributed by atoms with Gasteiger partial charge in [-0.15, -0.1) is 0 Å². The Hall–Kier alpha value is -4.84. The number of fused-ring (bicyclic) bond motifs is 2. The van der Waals surface area contributed by atoms with Crippen LogP contribution < -0.4 is 4.90 Å². The van der Waals surface area contributed by atoms with Gasteiger partial charge in [0.2, 0.25) is 5.91 Å². The molecule has 5 aromatic rings. The molecule has 6 heteroatoms. The number of anilines is 1. The molecule has 210 valence electrons. The van der Waals surface area contributed by atoms with Gasteiger partial charge in [-0.3, -0.25) is 9.59 Å². The molecule has 1 fully saturated rings. The lowest BCUT2D eigenvalue weighted by Crippen LogP contribution is -2.55. The van der Waals surface area contributed by atoms with Crippen LogP contribution >= 0.6 is 0 Å². The predicted molar refractivity (Wildman–Crippen MR) is 168 cm³/mol. The molecule has 2 amide bonds. The van der Waals surface area contributed by atoms with Crippen LogP contribution in [0.15, 0.2) is 109 Å². The molecule has 3 heterocycles. The number of hydrogen-bond acceptors (Lipinski definition) is 3. The van der Waals surface area contributed by atoms with Crippen molar-refractivity contribution >= 4 is 28.4 Å². The summed E-state index contributed by atoms with van der Waals surface area (Å²) in [7, 11) is 2.09. The monoisotopic (exact) mass is 554 g/mol. The van der Waals surface area contributed by atoms with Gasteiger partial charge in [-0.25, -0.2) is 0 Å². The van der Waals surface area contributed by atoms with Crippen molar-refractivity contribution in [1.29, 1.82) is 0 Å². The molecule has 0 bridgehead atoms. The van der Waals surface area contributed by atoms with E-state index >= 15 is 0 Å². The van der Waals surface area contributed by atoms with Gasteiger partial charge in [0, 0.05) is 60.9 Å². The first-order valence-corrected chi connectivity index (χ1v) is 14.7. The normalized spacial score (nSPS) is 17.5. The maximum atomic E-state index is 14.2. The molecule has 6 nitrogen and oxygen atoms in total. The SMILES string of the molecule is C[C@H](C(=O)N1CCN(c2ccccc2)CC1)N1C(=O)c2ccccc2[C@@H]1c1c(-c2ccccc2)n(C)c2ccccc12. The van der Waals surface area contributed by atoms with Crippen LogP contribution in [0, 0.1) is 0 Å². The number of aromatic nitrogens is 1. The van der Waals surface area contributed by atoms with E-state index in [4.69, 9.17) is 0 Å². The minimum atomic E-state index is -0.624. The number of aryl methyl sites for hydroxylation is 1. The summed E-state index contributed by atoms with van der Waals surface area (Å²) >= 11 is 0. The first-order valence-electron chi connectivity index (χ1n) is 14.7. The lowest BCUT2D eigenvalue weighted by atomic mass is 9.92. The third-order valence-corrected chi connectivity index (χ3v) is 8.95. The maximum Gasteiger partial charge on any atom is 0.255 e. The van der Waals surface area contributed by atoms with Crippen molar-refractivity contribution in [2.75, 3.05) is 31.1 Å². The topological polar surface area (TPSA) is 48.8 Å². The Bertz CT molecular complexity index is 1770. The fourth-order valence-electron chi connectivity index (χ4n) is 6.88. The Morgan fingerprint density at radius 2 is 1.38 bits per heavy atom. The second-order valence-corrected chi connectivity index (χ2v) is 11.2. The van der Waals surface area contributed by atoms with Crippen molar-refractivity contribution in [1.82, 2.24) is 14.4 Å². The van der Waals surface area contributed by atoms with Crippen LogP contribution in [0.2, 0.25) is 0 Å². The van der Waals surface area contributed by atoms with E-state index in [0.717, 1.165) is 46.4 Å². The van der Waals surface area contributed by atoms with Crippen LogP contribution in [0.5, 0.6) is 0 Å². The number of benzene rings is 4. The molecule has 1 saturated heterocycles. The van der Waals surface area contributed by atoms with Gasteiger partial charge in [0.25, 0.3) is 5.91 Å². The standard InChI is InChI=1S/C36H34N4O2/c1-25(35(41)39-23-21-38(22-24-39)27-15-7-4-8-16-27)40-34(28-17-9-10-18-29(28)36(40)42)32-30-19-11-12-20-31(30)37(2)33(32)26-13-5-3-6-14-26/h3-20,25,34H,21-24H2,1-2H3/t25-,34-/m1/s1. The highest BCUT2D eigenvalue weighted by molar-refractivity contribution is 6.04. The number of rotatable bonds is 5. The van der Waals surface area contributed by atoms with E-state index < -0.39 is 6.04 Å². The fraction of sp³-hybridized carbons (Fsp3) is 0.222. The van der Waals surface area contributed by atoms with E-state index in [-0.39, 0.29) is 17.9 Å². The number of piperazine rings is 1. The van der Waals surface area contributed by atoms with Crippen LogP contribution in [0.3, 0.4) is 0 Å². The third kappa shape index (κ3) is 4.17. The van der Waals surface area contributed by atoms with Crippen LogP contribution in [-0.2, 0) is 11.8 Å². The van der Waals surface area contributed by atoms with E-state index in [0.29, 0.717) is 18.7 Å². The summed E-state index contributed by atoms with van der Waals surface area (Å²) in [6.07, 6.45) is 0. The zero-order chi connectivity index (χ0) is 28.8. The Balaban J connectivity index is 1.29. The largest absolute Gasteiger partial charge is 0.368 e. The Morgan fingerprint density at radius 1 is 0.762 bits per heavy atom. The maximum absolute atomic E-state index is 14.2. The number of para-hydroxylation sites is 2. The van der Waals surface area contributed by atoms with Gasteiger partial charge < -0.3 is 19.3 Å². The molecular formula is C36H34N4O2. The van der Waals surface area contributed by atoms with Crippen molar-refractivity contribution in [2.45, 2.75) is 19.0 Å². The summed E-state index contributed by atoms with van der Waals surface area (Å²) in [4.78, 5) is 34.4. The molecule has 0 spiro atoms. The fourth-order valence-corrected chi connectivity index (χ4v) is 6.88. The quantitative estimate of drug-likeness (QED) is 0.263. The van der Waals surface area contributed by atoms with E-state index in [9.17, 15) is 9.59 Å². The molecule has 2 aliphatic rings. The third-order valence-electron chi connectivity index (χ3n) is 8.95. The second-order valence-electron chi connectivity index (χ2n) is 11.2. The predicted octanol–water partition coefficient (Wildman–Crippen LogP) is 6.13. The Morgan fingerprint density at radius 3 is 2.12 bits per heavy atom. The summed E-state index contributed by atoms with van der Waals surface area (Å²) in [5.41, 5.74) is 7.09. The second kappa shape index (κ2) is 10.5. The van der Waals surface area contributed by atoms with Crippen LogP contribution in [-0.4, -0.2) is 58.4 Å². The Labute approximate surface area is 246 Å². The molecule has 0 unspecified atom stereocenters. The molecule has 2 aliphatic heterocycles. The lowest BCUT2D eigenvalue weighted by Gasteiger charge is -2.39. The molecule has 4 aromatic carbocycles. The highest BCUT2D eigenvalue weighted by Gasteiger charge is 2.45. The highest BCUT2D eigenvalue weighted by atomic mass is 16.2. The van der Waals surface area contributed by atoms with E-state index in [1.807, 2.05) is 83.5 Å². The molecule has 0 N–H and O–H groups in total. The minimum absolute atomic E-state index is 0.00429. The molecule has 2 atom stereocenters. The summed E-state index contributed by atoms with van der Waals surface area (Å²) in [6.45, 7) is 4.68. The number of carbonyl (C=O) groups excluding carboxylic acids is 2.